The first-order chi connectivity index (χ1) is 12.6. The van der Waals surface area contributed by atoms with E-state index in [1.54, 1.807) is 0 Å². The van der Waals surface area contributed by atoms with Crippen molar-refractivity contribution in [1.29, 1.82) is 0 Å². The van der Waals surface area contributed by atoms with Crippen LogP contribution in [0, 0.1) is 0 Å². The van der Waals surface area contributed by atoms with Gasteiger partial charge in [0.05, 0.1) is 20.1 Å². The van der Waals surface area contributed by atoms with Gasteiger partial charge in [-0.1, -0.05) is 31.2 Å². The van der Waals surface area contributed by atoms with Crippen LogP contribution >= 0.6 is 0 Å². The van der Waals surface area contributed by atoms with Gasteiger partial charge in [0.2, 0.25) is 0 Å². The molecule has 1 heterocycles. The maximum Gasteiger partial charge on any atom is 0.166 e. The van der Waals surface area contributed by atoms with Crippen molar-refractivity contribution in [3.63, 3.8) is 0 Å². The molecule has 1 aliphatic heterocycles. The molecule has 1 N–H and O–H groups in total. The molecule has 0 amide bonds. The summed E-state index contributed by atoms with van der Waals surface area (Å²) in [5.74, 6) is 0.581. The second-order valence-electron chi connectivity index (χ2n) is 7.76. The van der Waals surface area contributed by atoms with Gasteiger partial charge in [0.15, 0.2) is 11.5 Å². The lowest BCUT2D eigenvalue weighted by molar-refractivity contribution is -0.941. The summed E-state index contributed by atoms with van der Waals surface area (Å²) in [6.45, 7) is 3.87. The minimum atomic E-state index is -0.559. The summed E-state index contributed by atoms with van der Waals surface area (Å²) in [4.78, 5) is 0. The first-order valence-corrected chi connectivity index (χ1v) is 9.59. The Bertz CT molecular complexity index is 835. The summed E-state index contributed by atoms with van der Waals surface area (Å²) in [7, 11) is 2.35. The molecule has 0 aromatic heterocycles. The molecule has 0 saturated heterocycles. The molecule has 0 radical (unpaired) electrons. The number of benzene rings is 2. The second kappa shape index (κ2) is 6.58. The van der Waals surface area contributed by atoms with Gasteiger partial charge in [0, 0.05) is 24.0 Å². The molecular weight excluding hydrogens is 329 g/mol. The van der Waals surface area contributed by atoms with Crippen LogP contribution in [0.15, 0.2) is 30.3 Å². The molecule has 2 unspecified atom stereocenters. The largest absolute Gasteiger partial charge is 0.504 e. The van der Waals surface area contributed by atoms with Crippen LogP contribution in [0.25, 0.3) is 11.1 Å². The smallest absolute Gasteiger partial charge is 0.166 e. The molecule has 1 aliphatic carbocycles. The number of halogens is 1. The van der Waals surface area contributed by atoms with Crippen molar-refractivity contribution in [2.24, 2.45) is 0 Å². The minimum Gasteiger partial charge on any atom is -0.504 e. The average molecular weight is 356 g/mol. The quantitative estimate of drug-likeness (QED) is 0.804. The number of alkyl halides is 1. The number of quaternary nitrogens is 1. The Balaban J connectivity index is 1.94. The Hall–Kier alpha value is -2.07. The fraction of sp³-hybridized carbons (Fsp3) is 0.455. The molecule has 4 rings (SSSR count). The van der Waals surface area contributed by atoms with E-state index >= 15 is 0 Å². The second-order valence-corrected chi connectivity index (χ2v) is 7.76. The lowest BCUT2D eigenvalue weighted by Gasteiger charge is -2.48. The maximum absolute atomic E-state index is 12.6. The van der Waals surface area contributed by atoms with Crippen LogP contribution in [0.5, 0.6) is 11.5 Å². The van der Waals surface area contributed by atoms with Gasteiger partial charge in [-0.3, -0.25) is 0 Å². The van der Waals surface area contributed by atoms with Gasteiger partial charge in [-0.2, -0.15) is 0 Å². The molecule has 2 atom stereocenters. The zero-order valence-electron chi connectivity index (χ0n) is 15.6. The molecule has 0 saturated carbocycles. The molecule has 2 aliphatic rings. The van der Waals surface area contributed by atoms with E-state index < -0.39 is 6.67 Å². The van der Waals surface area contributed by atoms with Crippen LogP contribution in [0.1, 0.15) is 36.1 Å². The highest BCUT2D eigenvalue weighted by atomic mass is 19.1. The molecule has 2 aromatic rings. The molecular formula is C22H27FNO2+. The van der Waals surface area contributed by atoms with Gasteiger partial charge >= 0.3 is 0 Å². The van der Waals surface area contributed by atoms with Crippen molar-refractivity contribution in [2.75, 3.05) is 33.4 Å². The maximum atomic E-state index is 12.6. The number of aromatic hydroxyl groups is 1. The van der Waals surface area contributed by atoms with Crippen molar-refractivity contribution in [1.82, 2.24) is 0 Å². The molecule has 0 fully saturated rings. The highest BCUT2D eigenvalue weighted by Crippen LogP contribution is 2.53. The number of fused-ring (bicyclic) bond motifs is 2. The summed E-state index contributed by atoms with van der Waals surface area (Å²) in [5.41, 5.74) is 5.79. The van der Waals surface area contributed by atoms with Gasteiger partial charge in [0.1, 0.15) is 19.3 Å². The standard InChI is InChI=1S/C22H26FNO2/c1-3-10-24(2)11-8-16-14-19(26-12-9-23)22(25)21-17-7-5-4-6-15(17)13-18(24)20(16)21/h4-7,14,18H,3,8-13H2,1-2H3/p+1. The van der Waals surface area contributed by atoms with E-state index in [0.29, 0.717) is 11.8 Å². The number of rotatable bonds is 5. The number of phenols is 1. The predicted octanol–water partition coefficient (Wildman–Crippen LogP) is 4.42. The Morgan fingerprint density at radius 3 is 2.85 bits per heavy atom. The number of phenolic OH excluding ortho intramolecular Hbond substituents is 1. The average Bonchev–Trinajstić information content (AvgIpc) is 2.65. The normalized spacial score (nSPS) is 23.3. The molecule has 3 nitrogen and oxygen atoms in total. The zero-order chi connectivity index (χ0) is 18.3. The first kappa shape index (κ1) is 17.3. The van der Waals surface area contributed by atoms with Gasteiger partial charge < -0.3 is 14.3 Å². The van der Waals surface area contributed by atoms with Crippen LogP contribution in [0.4, 0.5) is 4.39 Å². The lowest BCUT2D eigenvalue weighted by Crippen LogP contribution is -2.53. The Morgan fingerprint density at radius 1 is 1.27 bits per heavy atom. The summed E-state index contributed by atoms with van der Waals surface area (Å²) < 4.78 is 19.2. The summed E-state index contributed by atoms with van der Waals surface area (Å²) >= 11 is 0. The van der Waals surface area contributed by atoms with Crippen LogP contribution < -0.4 is 4.74 Å². The van der Waals surface area contributed by atoms with E-state index in [4.69, 9.17) is 4.74 Å². The highest BCUT2D eigenvalue weighted by molar-refractivity contribution is 5.82. The number of nitrogens with zero attached hydrogens (tertiary/aromatic N) is 1. The van der Waals surface area contributed by atoms with Crippen LogP contribution in [-0.2, 0) is 12.8 Å². The number of hydrogen-bond donors (Lipinski definition) is 1. The molecule has 0 spiro atoms. The van der Waals surface area contributed by atoms with Crippen molar-refractivity contribution in [2.45, 2.75) is 32.2 Å². The van der Waals surface area contributed by atoms with Crippen molar-refractivity contribution in [3.8, 4) is 22.6 Å². The highest BCUT2D eigenvalue weighted by Gasteiger charge is 2.44. The Kier molecular flexibility index (Phi) is 4.39. The Labute approximate surface area is 154 Å². The fourth-order valence-electron chi connectivity index (χ4n) is 4.93. The predicted molar refractivity (Wildman–Crippen MR) is 101 cm³/mol. The number of likely N-dealkylation sites (N-methyl/N-ethyl adjacent to an activating group) is 1. The van der Waals surface area contributed by atoms with Gasteiger partial charge in [-0.25, -0.2) is 4.39 Å². The zero-order valence-corrected chi connectivity index (χ0v) is 15.6. The van der Waals surface area contributed by atoms with Crippen LogP contribution in [0.3, 0.4) is 0 Å². The summed E-state index contributed by atoms with van der Waals surface area (Å²) in [6.07, 6.45) is 3.10. The number of hydrogen-bond acceptors (Lipinski definition) is 2. The van der Waals surface area contributed by atoms with E-state index in [1.807, 2.05) is 12.1 Å². The molecule has 2 aromatic carbocycles. The van der Waals surface area contributed by atoms with Crippen LogP contribution in [0.2, 0.25) is 0 Å². The summed E-state index contributed by atoms with van der Waals surface area (Å²) in [5, 5.41) is 11.0. The topological polar surface area (TPSA) is 29.5 Å². The third kappa shape index (κ3) is 2.59. The van der Waals surface area contributed by atoms with Crippen LogP contribution in [-0.4, -0.2) is 43.0 Å². The minimum absolute atomic E-state index is 0.0273. The fourth-order valence-corrected chi connectivity index (χ4v) is 4.93. The van der Waals surface area contributed by atoms with E-state index in [2.05, 4.69) is 32.2 Å². The van der Waals surface area contributed by atoms with Crippen molar-refractivity contribution < 1.29 is 18.7 Å². The van der Waals surface area contributed by atoms with Crippen molar-refractivity contribution >= 4 is 0 Å². The SMILES string of the molecule is CCC[N+]1(C)CCc2cc(OCCF)c(O)c3c2C1Cc1ccccc1-3. The van der Waals surface area contributed by atoms with E-state index in [1.165, 1.54) is 16.7 Å². The van der Waals surface area contributed by atoms with Gasteiger partial charge in [0.25, 0.3) is 0 Å². The Morgan fingerprint density at radius 2 is 2.08 bits per heavy atom. The molecule has 0 bridgehead atoms. The monoisotopic (exact) mass is 356 g/mol. The molecule has 4 heteroatoms. The summed E-state index contributed by atoms with van der Waals surface area (Å²) in [6, 6.07) is 10.6. The lowest BCUT2D eigenvalue weighted by atomic mass is 9.75. The van der Waals surface area contributed by atoms with Gasteiger partial charge in [-0.15, -0.1) is 0 Å². The van der Waals surface area contributed by atoms with E-state index in [9.17, 15) is 9.50 Å². The molecule has 138 valence electrons. The van der Waals surface area contributed by atoms with E-state index in [0.717, 1.165) is 48.0 Å². The third-order valence-corrected chi connectivity index (χ3v) is 6.14. The van der Waals surface area contributed by atoms with Gasteiger partial charge in [-0.05, 0) is 29.2 Å². The number of ether oxygens (including phenoxy) is 1. The first-order valence-electron chi connectivity index (χ1n) is 9.59. The van der Waals surface area contributed by atoms with Crippen molar-refractivity contribution in [3.05, 3.63) is 47.0 Å². The third-order valence-electron chi connectivity index (χ3n) is 6.14. The molecule has 26 heavy (non-hydrogen) atoms. The van der Waals surface area contributed by atoms with E-state index in [-0.39, 0.29) is 12.4 Å².